The molecule has 0 aliphatic heterocycles. The van der Waals surface area contributed by atoms with Gasteiger partial charge in [-0.15, -0.1) is 0 Å². The van der Waals surface area contributed by atoms with E-state index in [-0.39, 0.29) is 5.69 Å². The molecular weight excluding hydrogens is 266 g/mol. The highest BCUT2D eigenvalue weighted by Crippen LogP contribution is 2.05. The minimum atomic E-state index is -0.562. The van der Waals surface area contributed by atoms with Crippen LogP contribution in [0.5, 0.6) is 0 Å². The van der Waals surface area contributed by atoms with E-state index >= 15 is 0 Å². The molecule has 1 aromatic heterocycles. The minimum absolute atomic E-state index is 0.159. The largest absolute Gasteiger partial charge is 0.347 e. The van der Waals surface area contributed by atoms with Gasteiger partial charge in [0.1, 0.15) is 6.20 Å². The van der Waals surface area contributed by atoms with E-state index in [2.05, 4.69) is 20.9 Å². The van der Waals surface area contributed by atoms with E-state index in [0.717, 1.165) is 24.4 Å². The molecule has 0 N–H and O–H groups in total. The molecule has 6 nitrogen and oxygen atoms in total. The molecule has 0 unspecified atom stereocenters. The highest BCUT2D eigenvalue weighted by molar-refractivity contribution is 9.09. The second-order valence-electron chi connectivity index (χ2n) is 2.94. The van der Waals surface area contributed by atoms with Gasteiger partial charge in [0, 0.05) is 11.9 Å². The summed E-state index contributed by atoms with van der Waals surface area (Å²) >= 11 is 3.27. The number of hydrogen-bond acceptors (Lipinski definition) is 4. The summed E-state index contributed by atoms with van der Waals surface area (Å²) in [7, 11) is 0. The van der Waals surface area contributed by atoms with Crippen LogP contribution in [0.1, 0.15) is 12.8 Å². The van der Waals surface area contributed by atoms with Crippen LogP contribution in [0.15, 0.2) is 17.2 Å². The zero-order valence-corrected chi connectivity index (χ0v) is 9.51. The van der Waals surface area contributed by atoms with Crippen molar-refractivity contribution in [1.29, 1.82) is 0 Å². The zero-order valence-electron chi connectivity index (χ0n) is 7.93. The van der Waals surface area contributed by atoms with Crippen LogP contribution in [0.25, 0.3) is 0 Å². The molecule has 0 amide bonds. The average molecular weight is 276 g/mol. The Morgan fingerprint density at radius 2 is 2.27 bits per heavy atom. The Balaban J connectivity index is 2.81. The summed E-state index contributed by atoms with van der Waals surface area (Å²) in [6.07, 6.45) is 3.90. The number of alkyl halides is 1. The van der Waals surface area contributed by atoms with Gasteiger partial charge in [0.15, 0.2) is 0 Å². The summed E-state index contributed by atoms with van der Waals surface area (Å²) in [5, 5.41) is 11.3. The van der Waals surface area contributed by atoms with Crippen molar-refractivity contribution in [3.8, 4) is 0 Å². The van der Waals surface area contributed by atoms with Crippen molar-refractivity contribution in [3.05, 3.63) is 33.0 Å². The topological polar surface area (TPSA) is 78.0 Å². The lowest BCUT2D eigenvalue weighted by molar-refractivity contribution is -0.385. The predicted molar refractivity (Wildman–Crippen MR) is 58.2 cm³/mol. The number of rotatable bonds is 5. The molecular formula is C8H10BrN3O3. The van der Waals surface area contributed by atoms with Crippen molar-refractivity contribution in [2.45, 2.75) is 19.4 Å². The number of unbranched alkanes of at least 4 members (excludes halogenated alkanes) is 1. The van der Waals surface area contributed by atoms with Gasteiger partial charge < -0.3 is 0 Å². The van der Waals surface area contributed by atoms with Crippen molar-refractivity contribution < 1.29 is 4.92 Å². The lowest BCUT2D eigenvalue weighted by atomic mass is 10.3. The number of hydrogen-bond donors (Lipinski definition) is 0. The first-order valence-corrected chi connectivity index (χ1v) is 5.54. The SMILES string of the molecule is O=c1ncc([N+](=O)[O-])cn1CCCCBr. The molecule has 82 valence electrons. The van der Waals surface area contributed by atoms with E-state index in [1.54, 1.807) is 0 Å². The lowest BCUT2D eigenvalue weighted by Gasteiger charge is -2.02. The maximum Gasteiger partial charge on any atom is 0.347 e. The van der Waals surface area contributed by atoms with Gasteiger partial charge >= 0.3 is 11.4 Å². The molecule has 1 rings (SSSR count). The minimum Gasteiger partial charge on any atom is -0.292 e. The Morgan fingerprint density at radius 3 is 2.87 bits per heavy atom. The van der Waals surface area contributed by atoms with Crippen LogP contribution in [-0.2, 0) is 6.54 Å². The van der Waals surface area contributed by atoms with Gasteiger partial charge in [0.05, 0.1) is 11.1 Å². The molecule has 0 spiro atoms. The Morgan fingerprint density at radius 1 is 1.53 bits per heavy atom. The molecule has 0 atom stereocenters. The number of aromatic nitrogens is 2. The normalized spacial score (nSPS) is 10.2. The molecule has 7 heteroatoms. The second-order valence-corrected chi connectivity index (χ2v) is 3.73. The Labute approximate surface area is 94.2 Å². The first-order valence-electron chi connectivity index (χ1n) is 4.42. The third-order valence-electron chi connectivity index (χ3n) is 1.83. The van der Waals surface area contributed by atoms with Gasteiger partial charge in [-0.05, 0) is 12.8 Å². The summed E-state index contributed by atoms with van der Waals surface area (Å²) in [6.45, 7) is 0.457. The summed E-state index contributed by atoms with van der Waals surface area (Å²) < 4.78 is 1.26. The van der Waals surface area contributed by atoms with Crippen molar-refractivity contribution in [2.24, 2.45) is 0 Å². The van der Waals surface area contributed by atoms with E-state index < -0.39 is 10.6 Å². The van der Waals surface area contributed by atoms with Crippen molar-refractivity contribution >= 4 is 21.6 Å². The fourth-order valence-electron chi connectivity index (χ4n) is 1.07. The molecule has 0 bridgehead atoms. The fourth-order valence-corrected chi connectivity index (χ4v) is 1.47. The highest BCUT2D eigenvalue weighted by atomic mass is 79.9. The molecule has 0 fully saturated rings. The molecule has 0 aromatic carbocycles. The molecule has 1 heterocycles. The fraction of sp³-hybridized carbons (Fsp3) is 0.500. The molecule has 1 aromatic rings. The molecule has 0 aliphatic rings. The maximum atomic E-state index is 11.2. The lowest BCUT2D eigenvalue weighted by Crippen LogP contribution is -2.22. The van der Waals surface area contributed by atoms with Gasteiger partial charge in [0.2, 0.25) is 0 Å². The zero-order chi connectivity index (χ0) is 11.3. The van der Waals surface area contributed by atoms with Gasteiger partial charge in [-0.25, -0.2) is 4.79 Å². The van der Waals surface area contributed by atoms with Gasteiger partial charge in [-0.2, -0.15) is 4.98 Å². The first-order chi connectivity index (χ1) is 7.15. The number of halogens is 1. The van der Waals surface area contributed by atoms with Gasteiger partial charge in [-0.3, -0.25) is 14.7 Å². The Bertz CT molecular complexity index is 404. The highest BCUT2D eigenvalue weighted by Gasteiger charge is 2.08. The molecule has 0 aliphatic carbocycles. The monoisotopic (exact) mass is 275 g/mol. The van der Waals surface area contributed by atoms with Crippen LogP contribution < -0.4 is 5.69 Å². The van der Waals surface area contributed by atoms with E-state index in [1.807, 2.05) is 0 Å². The number of aryl methyl sites for hydroxylation is 1. The Kier molecular flexibility index (Phi) is 4.41. The van der Waals surface area contributed by atoms with Crippen molar-refractivity contribution in [3.63, 3.8) is 0 Å². The second kappa shape index (κ2) is 5.59. The predicted octanol–water partition coefficient (Wildman–Crippen LogP) is 1.33. The van der Waals surface area contributed by atoms with Crippen LogP contribution in [-0.4, -0.2) is 19.8 Å². The number of nitrogens with zero attached hydrogens (tertiary/aromatic N) is 3. The maximum absolute atomic E-state index is 11.2. The average Bonchev–Trinajstić information content (AvgIpc) is 2.20. The Hall–Kier alpha value is -1.24. The molecule has 0 saturated carbocycles. The van der Waals surface area contributed by atoms with Crippen molar-refractivity contribution in [2.75, 3.05) is 5.33 Å². The molecule has 0 radical (unpaired) electrons. The summed E-state index contributed by atoms with van der Waals surface area (Å²) in [6, 6.07) is 0. The quantitative estimate of drug-likeness (QED) is 0.352. The van der Waals surface area contributed by atoms with E-state index in [1.165, 1.54) is 10.8 Å². The van der Waals surface area contributed by atoms with Crippen LogP contribution in [0.3, 0.4) is 0 Å². The summed E-state index contributed by atoms with van der Waals surface area (Å²) in [5.74, 6) is 0. The third-order valence-corrected chi connectivity index (χ3v) is 2.40. The van der Waals surface area contributed by atoms with Crippen LogP contribution in [0.2, 0.25) is 0 Å². The first kappa shape index (κ1) is 11.8. The summed E-state index contributed by atoms with van der Waals surface area (Å²) in [5.41, 5.74) is -0.608. The molecule has 0 saturated heterocycles. The van der Waals surface area contributed by atoms with E-state index in [0.29, 0.717) is 6.54 Å². The molecule has 15 heavy (non-hydrogen) atoms. The van der Waals surface area contributed by atoms with Crippen LogP contribution >= 0.6 is 15.9 Å². The van der Waals surface area contributed by atoms with Crippen LogP contribution in [0.4, 0.5) is 5.69 Å². The van der Waals surface area contributed by atoms with E-state index in [4.69, 9.17) is 0 Å². The van der Waals surface area contributed by atoms with Gasteiger partial charge in [0.25, 0.3) is 0 Å². The standard InChI is InChI=1S/C8H10BrN3O3/c9-3-1-2-4-11-6-7(12(14)15)5-10-8(11)13/h5-6H,1-4H2. The van der Waals surface area contributed by atoms with Crippen molar-refractivity contribution in [1.82, 2.24) is 9.55 Å². The summed E-state index contributed by atoms with van der Waals surface area (Å²) in [4.78, 5) is 24.5. The van der Waals surface area contributed by atoms with E-state index in [9.17, 15) is 14.9 Å². The third kappa shape index (κ3) is 3.43. The number of nitro groups is 1. The van der Waals surface area contributed by atoms with Gasteiger partial charge in [-0.1, -0.05) is 15.9 Å². The smallest absolute Gasteiger partial charge is 0.292 e. The van der Waals surface area contributed by atoms with Crippen LogP contribution in [0, 0.1) is 10.1 Å².